The molecule has 1 aliphatic heterocycles. The molecule has 1 aromatic carbocycles. The highest BCUT2D eigenvalue weighted by Crippen LogP contribution is 2.24. The van der Waals surface area contributed by atoms with Crippen molar-refractivity contribution in [2.75, 3.05) is 31.6 Å². The zero-order valence-electron chi connectivity index (χ0n) is 12.8. The van der Waals surface area contributed by atoms with Crippen LogP contribution in [0.1, 0.15) is 15.9 Å². The Morgan fingerprint density at radius 2 is 1.96 bits per heavy atom. The number of carbonyl (C=O) groups excluding carboxylic acids is 1. The first-order chi connectivity index (χ1) is 11.1. The van der Waals surface area contributed by atoms with Crippen molar-refractivity contribution in [1.82, 2.24) is 14.9 Å². The molecule has 1 N–H and O–H groups in total. The molecular formula is C16H17ClN4O2. The molecule has 0 aliphatic carbocycles. The Kier molecular flexibility index (Phi) is 4.73. The van der Waals surface area contributed by atoms with Gasteiger partial charge in [-0.15, -0.1) is 0 Å². The molecule has 7 heteroatoms. The average Bonchev–Trinajstić information content (AvgIpc) is 2.60. The molecule has 0 bridgehead atoms. The lowest BCUT2D eigenvalue weighted by Gasteiger charge is -2.26. The molecule has 0 atom stereocenters. The molecule has 0 unspecified atom stereocenters. The molecule has 3 rings (SSSR count). The number of anilines is 2. The van der Waals surface area contributed by atoms with Crippen molar-refractivity contribution in [3.8, 4) is 0 Å². The van der Waals surface area contributed by atoms with Gasteiger partial charge in [-0.3, -0.25) is 4.79 Å². The van der Waals surface area contributed by atoms with Crippen LogP contribution in [0.2, 0.25) is 5.02 Å². The van der Waals surface area contributed by atoms with Gasteiger partial charge in [0.15, 0.2) is 0 Å². The molecule has 1 fully saturated rings. The van der Waals surface area contributed by atoms with Crippen LogP contribution in [0.3, 0.4) is 0 Å². The van der Waals surface area contributed by atoms with Crippen molar-refractivity contribution in [1.29, 1.82) is 0 Å². The Morgan fingerprint density at radius 3 is 2.65 bits per heavy atom. The van der Waals surface area contributed by atoms with Gasteiger partial charge in [0.1, 0.15) is 0 Å². The van der Waals surface area contributed by atoms with E-state index in [9.17, 15) is 4.79 Å². The number of hydrogen-bond donors (Lipinski definition) is 1. The molecule has 0 spiro atoms. The van der Waals surface area contributed by atoms with E-state index in [0.717, 1.165) is 11.3 Å². The summed E-state index contributed by atoms with van der Waals surface area (Å²) in [6, 6.07) is 5.58. The number of nitrogens with zero attached hydrogens (tertiary/aromatic N) is 3. The van der Waals surface area contributed by atoms with E-state index in [2.05, 4.69) is 15.3 Å². The van der Waals surface area contributed by atoms with E-state index in [1.807, 2.05) is 25.1 Å². The minimum absolute atomic E-state index is 0.0706. The Bertz CT molecular complexity index is 700. The second-order valence-electron chi connectivity index (χ2n) is 5.24. The van der Waals surface area contributed by atoms with Crippen LogP contribution in [0.25, 0.3) is 0 Å². The number of ether oxygens (including phenoxy) is 1. The highest BCUT2D eigenvalue weighted by atomic mass is 35.5. The summed E-state index contributed by atoms with van der Waals surface area (Å²) in [6.07, 6.45) is 3.07. The second kappa shape index (κ2) is 6.93. The van der Waals surface area contributed by atoms with Gasteiger partial charge in [-0.1, -0.05) is 17.7 Å². The first-order valence-corrected chi connectivity index (χ1v) is 7.74. The molecule has 120 valence electrons. The van der Waals surface area contributed by atoms with Gasteiger partial charge >= 0.3 is 0 Å². The van der Waals surface area contributed by atoms with E-state index in [1.54, 1.807) is 4.90 Å². The van der Waals surface area contributed by atoms with Crippen molar-refractivity contribution >= 4 is 29.1 Å². The molecule has 6 nitrogen and oxygen atoms in total. The van der Waals surface area contributed by atoms with Crippen LogP contribution >= 0.6 is 11.6 Å². The van der Waals surface area contributed by atoms with Crippen LogP contribution in [-0.2, 0) is 4.74 Å². The monoisotopic (exact) mass is 332 g/mol. The Morgan fingerprint density at radius 1 is 1.26 bits per heavy atom. The van der Waals surface area contributed by atoms with E-state index in [4.69, 9.17) is 16.3 Å². The summed E-state index contributed by atoms with van der Waals surface area (Å²) < 4.78 is 5.25. The summed E-state index contributed by atoms with van der Waals surface area (Å²) in [5.41, 5.74) is 2.23. The summed E-state index contributed by atoms with van der Waals surface area (Å²) in [4.78, 5) is 22.5. The highest BCUT2D eigenvalue weighted by Gasteiger charge is 2.19. The third kappa shape index (κ3) is 3.60. The molecular weight excluding hydrogens is 316 g/mol. The SMILES string of the molecule is Cc1c(Cl)cccc1Nc1ncc(C(=O)N2CCOCC2)cn1. The molecule has 0 radical (unpaired) electrons. The van der Waals surface area contributed by atoms with Crippen molar-refractivity contribution in [2.45, 2.75) is 6.92 Å². The third-order valence-corrected chi connectivity index (χ3v) is 4.12. The Labute approximate surface area is 139 Å². The van der Waals surface area contributed by atoms with Crippen LogP contribution in [0, 0.1) is 6.92 Å². The lowest BCUT2D eigenvalue weighted by molar-refractivity contribution is 0.0302. The summed E-state index contributed by atoms with van der Waals surface area (Å²) in [5, 5.41) is 3.78. The van der Waals surface area contributed by atoms with Crippen LogP contribution < -0.4 is 5.32 Å². The minimum atomic E-state index is -0.0706. The lowest BCUT2D eigenvalue weighted by Crippen LogP contribution is -2.40. The first kappa shape index (κ1) is 15.7. The Hall–Kier alpha value is -2.18. The quantitative estimate of drug-likeness (QED) is 0.936. The number of aromatic nitrogens is 2. The van der Waals surface area contributed by atoms with Gasteiger partial charge < -0.3 is 15.0 Å². The molecule has 1 aliphatic rings. The maximum atomic E-state index is 12.3. The van der Waals surface area contributed by atoms with Gasteiger partial charge in [-0.25, -0.2) is 9.97 Å². The number of morpholine rings is 1. The normalized spacial score (nSPS) is 14.6. The lowest BCUT2D eigenvalue weighted by atomic mass is 10.2. The van der Waals surface area contributed by atoms with Gasteiger partial charge in [0.2, 0.25) is 5.95 Å². The van der Waals surface area contributed by atoms with E-state index in [0.29, 0.717) is 42.8 Å². The molecule has 1 aromatic heterocycles. The number of rotatable bonds is 3. The number of amides is 1. The maximum absolute atomic E-state index is 12.3. The van der Waals surface area contributed by atoms with Crippen LogP contribution in [0.5, 0.6) is 0 Å². The van der Waals surface area contributed by atoms with Crippen molar-refractivity contribution in [3.63, 3.8) is 0 Å². The predicted octanol–water partition coefficient (Wildman–Crippen LogP) is 2.65. The molecule has 1 amide bonds. The van der Waals surface area contributed by atoms with E-state index in [1.165, 1.54) is 12.4 Å². The third-order valence-electron chi connectivity index (χ3n) is 3.71. The van der Waals surface area contributed by atoms with Crippen molar-refractivity contribution < 1.29 is 9.53 Å². The smallest absolute Gasteiger partial charge is 0.257 e. The fraction of sp³-hybridized carbons (Fsp3) is 0.312. The van der Waals surface area contributed by atoms with Crippen LogP contribution in [-0.4, -0.2) is 47.1 Å². The molecule has 1 saturated heterocycles. The van der Waals surface area contributed by atoms with E-state index >= 15 is 0 Å². The zero-order chi connectivity index (χ0) is 16.2. The molecule has 23 heavy (non-hydrogen) atoms. The number of halogens is 1. The second-order valence-corrected chi connectivity index (χ2v) is 5.64. The van der Waals surface area contributed by atoms with Crippen LogP contribution in [0.15, 0.2) is 30.6 Å². The standard InChI is InChI=1S/C16H17ClN4O2/c1-11-13(17)3-2-4-14(11)20-16-18-9-12(10-19-16)15(22)21-5-7-23-8-6-21/h2-4,9-10H,5-8H2,1H3,(H,18,19,20). The number of nitrogens with one attached hydrogen (secondary N) is 1. The van der Waals surface area contributed by atoms with Crippen molar-refractivity contribution in [3.05, 3.63) is 46.7 Å². The van der Waals surface area contributed by atoms with E-state index < -0.39 is 0 Å². The summed E-state index contributed by atoms with van der Waals surface area (Å²) in [7, 11) is 0. The average molecular weight is 333 g/mol. The molecule has 0 saturated carbocycles. The fourth-order valence-corrected chi connectivity index (χ4v) is 2.49. The van der Waals surface area contributed by atoms with Gasteiger partial charge in [0, 0.05) is 36.2 Å². The summed E-state index contributed by atoms with van der Waals surface area (Å²) >= 11 is 6.09. The van der Waals surface area contributed by atoms with Gasteiger partial charge in [0.25, 0.3) is 5.91 Å². The Balaban J connectivity index is 1.71. The predicted molar refractivity (Wildman–Crippen MR) is 88.2 cm³/mol. The van der Waals surface area contributed by atoms with Gasteiger partial charge in [0.05, 0.1) is 18.8 Å². The summed E-state index contributed by atoms with van der Waals surface area (Å²) in [6.45, 7) is 4.25. The summed E-state index contributed by atoms with van der Waals surface area (Å²) in [5.74, 6) is 0.354. The largest absolute Gasteiger partial charge is 0.378 e. The first-order valence-electron chi connectivity index (χ1n) is 7.36. The fourth-order valence-electron chi connectivity index (χ4n) is 2.32. The topological polar surface area (TPSA) is 67.4 Å². The van der Waals surface area contributed by atoms with Gasteiger partial charge in [-0.2, -0.15) is 0 Å². The minimum Gasteiger partial charge on any atom is -0.378 e. The van der Waals surface area contributed by atoms with Crippen molar-refractivity contribution in [2.24, 2.45) is 0 Å². The maximum Gasteiger partial charge on any atom is 0.257 e. The van der Waals surface area contributed by atoms with Gasteiger partial charge in [-0.05, 0) is 24.6 Å². The van der Waals surface area contributed by atoms with Crippen LogP contribution in [0.4, 0.5) is 11.6 Å². The highest BCUT2D eigenvalue weighted by molar-refractivity contribution is 6.31. The number of benzene rings is 1. The molecule has 2 heterocycles. The zero-order valence-corrected chi connectivity index (χ0v) is 13.5. The molecule has 2 aromatic rings. The number of hydrogen-bond acceptors (Lipinski definition) is 5. The number of carbonyl (C=O) groups is 1. The van der Waals surface area contributed by atoms with E-state index in [-0.39, 0.29) is 5.91 Å².